The number of hydrogen-bond donors (Lipinski definition) is 1. The van der Waals surface area contributed by atoms with Gasteiger partial charge in [-0.2, -0.15) is 0 Å². The van der Waals surface area contributed by atoms with Crippen molar-refractivity contribution < 1.29 is 9.47 Å². The predicted octanol–water partition coefficient (Wildman–Crippen LogP) is 2.94. The molecule has 1 heterocycles. The molecule has 0 radical (unpaired) electrons. The van der Waals surface area contributed by atoms with Crippen LogP contribution in [0.25, 0.3) is 11.4 Å². The third kappa shape index (κ3) is 2.90. The monoisotopic (exact) mass is 398 g/mol. The van der Waals surface area contributed by atoms with Gasteiger partial charge >= 0.3 is 0 Å². The quantitative estimate of drug-likeness (QED) is 0.805. The van der Waals surface area contributed by atoms with Crippen molar-refractivity contribution >= 4 is 22.6 Å². The number of nitrogens with one attached hydrogen (secondary N) is 1. The zero-order chi connectivity index (χ0) is 15.0. The highest BCUT2D eigenvalue weighted by molar-refractivity contribution is 14.1. The van der Waals surface area contributed by atoms with Crippen LogP contribution in [0.4, 0.5) is 0 Å². The van der Waals surface area contributed by atoms with Gasteiger partial charge in [0, 0.05) is 17.5 Å². The number of aromatic amines is 1. The lowest BCUT2D eigenvalue weighted by Crippen LogP contribution is -2.16. The Kier molecular flexibility index (Phi) is 3.88. The van der Waals surface area contributed by atoms with Gasteiger partial charge in [0.1, 0.15) is 17.3 Å². The van der Waals surface area contributed by atoms with Gasteiger partial charge in [0.15, 0.2) is 0 Å². The van der Waals surface area contributed by atoms with E-state index in [1.165, 1.54) is 0 Å². The number of hydrogen-bond acceptors (Lipinski definition) is 4. The van der Waals surface area contributed by atoms with Crippen LogP contribution in [0.15, 0.2) is 23.0 Å². The zero-order valence-electron chi connectivity index (χ0n) is 11.8. The Labute approximate surface area is 135 Å². The van der Waals surface area contributed by atoms with Gasteiger partial charge in [-0.05, 0) is 47.6 Å². The van der Waals surface area contributed by atoms with Crippen LogP contribution >= 0.6 is 22.6 Å². The molecule has 2 aromatic rings. The molecule has 0 saturated heterocycles. The smallest absolute Gasteiger partial charge is 0.264 e. The van der Waals surface area contributed by atoms with Crippen LogP contribution in [-0.4, -0.2) is 24.2 Å². The second kappa shape index (κ2) is 5.67. The van der Waals surface area contributed by atoms with E-state index in [-0.39, 0.29) is 5.56 Å². The number of halogens is 1. The minimum Gasteiger partial charge on any atom is -0.497 e. The van der Waals surface area contributed by atoms with Gasteiger partial charge in [-0.25, -0.2) is 4.98 Å². The van der Waals surface area contributed by atoms with E-state index in [0.29, 0.717) is 26.8 Å². The summed E-state index contributed by atoms with van der Waals surface area (Å²) in [6, 6.07) is 5.46. The Balaban J connectivity index is 2.13. The predicted molar refractivity (Wildman–Crippen MR) is 88.1 cm³/mol. The molecule has 1 aliphatic carbocycles. The average Bonchev–Trinajstić information content (AvgIpc) is 3.33. The summed E-state index contributed by atoms with van der Waals surface area (Å²) in [7, 11) is 3.19. The molecule has 0 aliphatic heterocycles. The number of methoxy groups -OCH3 is 2. The second-order valence-corrected chi connectivity index (χ2v) is 6.07. The van der Waals surface area contributed by atoms with Crippen molar-refractivity contribution in [1.29, 1.82) is 0 Å². The molecule has 1 fully saturated rings. The Morgan fingerprint density at radius 3 is 2.33 bits per heavy atom. The molecular formula is C15H15IN2O3. The van der Waals surface area contributed by atoms with Crippen molar-refractivity contribution in [2.24, 2.45) is 0 Å². The van der Waals surface area contributed by atoms with Gasteiger partial charge in [-0.1, -0.05) is 0 Å². The first-order chi connectivity index (χ1) is 10.1. The third-order valence-corrected chi connectivity index (χ3v) is 4.52. The molecule has 0 unspecified atom stereocenters. The molecule has 1 saturated carbocycles. The number of nitrogens with zero attached hydrogens (tertiary/aromatic N) is 1. The molecule has 0 atom stereocenters. The van der Waals surface area contributed by atoms with E-state index in [2.05, 4.69) is 32.6 Å². The van der Waals surface area contributed by atoms with E-state index in [4.69, 9.17) is 9.47 Å². The van der Waals surface area contributed by atoms with Crippen LogP contribution in [0.3, 0.4) is 0 Å². The Morgan fingerprint density at radius 2 is 1.81 bits per heavy atom. The van der Waals surface area contributed by atoms with Gasteiger partial charge in [0.25, 0.3) is 5.56 Å². The maximum atomic E-state index is 12.1. The number of benzene rings is 1. The highest BCUT2D eigenvalue weighted by Crippen LogP contribution is 2.40. The number of aromatic nitrogens is 2. The van der Waals surface area contributed by atoms with Crippen LogP contribution in [0.5, 0.6) is 11.5 Å². The minimum atomic E-state index is -0.0933. The highest BCUT2D eigenvalue weighted by Gasteiger charge is 2.29. The van der Waals surface area contributed by atoms with Crippen LogP contribution < -0.4 is 15.0 Å². The highest BCUT2D eigenvalue weighted by atomic mass is 127. The molecule has 1 N–H and O–H groups in total. The van der Waals surface area contributed by atoms with Gasteiger partial charge < -0.3 is 14.5 Å². The van der Waals surface area contributed by atoms with E-state index < -0.39 is 0 Å². The van der Waals surface area contributed by atoms with Gasteiger partial charge in [-0.15, -0.1) is 0 Å². The van der Waals surface area contributed by atoms with E-state index in [1.54, 1.807) is 20.3 Å². The van der Waals surface area contributed by atoms with Crippen molar-refractivity contribution in [1.82, 2.24) is 9.97 Å². The number of ether oxygens (including phenoxy) is 2. The Hall–Kier alpha value is -1.57. The summed E-state index contributed by atoms with van der Waals surface area (Å²) in [5.41, 5.74) is 1.59. The van der Waals surface area contributed by atoms with Gasteiger partial charge in [0.2, 0.25) is 0 Å². The molecular weight excluding hydrogens is 383 g/mol. The van der Waals surface area contributed by atoms with Crippen molar-refractivity contribution in [3.63, 3.8) is 0 Å². The van der Waals surface area contributed by atoms with Crippen molar-refractivity contribution in [2.75, 3.05) is 14.2 Å². The fraction of sp³-hybridized carbons (Fsp3) is 0.333. The van der Waals surface area contributed by atoms with Crippen LogP contribution in [-0.2, 0) is 0 Å². The zero-order valence-corrected chi connectivity index (χ0v) is 13.9. The summed E-state index contributed by atoms with van der Waals surface area (Å²) in [4.78, 5) is 19.6. The molecule has 110 valence electrons. The summed E-state index contributed by atoms with van der Waals surface area (Å²) >= 11 is 2.07. The maximum absolute atomic E-state index is 12.1. The molecule has 6 heteroatoms. The molecule has 0 bridgehead atoms. The second-order valence-electron chi connectivity index (χ2n) is 4.99. The summed E-state index contributed by atoms with van der Waals surface area (Å²) < 4.78 is 11.2. The fourth-order valence-corrected chi connectivity index (χ4v) is 2.88. The SMILES string of the molecule is COc1cc(OC)cc(-c2nc(C3CC3)c(I)c(=O)[nH]2)c1. The van der Waals surface area contributed by atoms with Crippen molar-refractivity contribution in [2.45, 2.75) is 18.8 Å². The molecule has 1 aromatic heterocycles. The molecule has 0 amide bonds. The molecule has 1 aromatic carbocycles. The van der Waals surface area contributed by atoms with E-state index in [1.807, 2.05) is 12.1 Å². The fourth-order valence-electron chi connectivity index (χ4n) is 2.18. The van der Waals surface area contributed by atoms with E-state index in [9.17, 15) is 4.79 Å². The summed E-state index contributed by atoms with van der Waals surface area (Å²) in [5.74, 6) is 2.31. The molecule has 1 aliphatic rings. The van der Waals surface area contributed by atoms with Crippen molar-refractivity contribution in [3.8, 4) is 22.9 Å². The molecule has 0 spiro atoms. The lowest BCUT2D eigenvalue weighted by molar-refractivity contribution is 0.394. The lowest BCUT2D eigenvalue weighted by Gasteiger charge is -2.09. The molecule has 21 heavy (non-hydrogen) atoms. The van der Waals surface area contributed by atoms with Crippen LogP contribution in [0.1, 0.15) is 24.5 Å². The van der Waals surface area contributed by atoms with Gasteiger partial charge in [0.05, 0.1) is 23.5 Å². The third-order valence-electron chi connectivity index (χ3n) is 3.48. The van der Waals surface area contributed by atoms with Crippen LogP contribution in [0, 0.1) is 3.57 Å². The van der Waals surface area contributed by atoms with Gasteiger partial charge in [-0.3, -0.25) is 4.79 Å². The molecule has 3 rings (SSSR count). The Morgan fingerprint density at radius 1 is 1.19 bits per heavy atom. The average molecular weight is 398 g/mol. The summed E-state index contributed by atoms with van der Waals surface area (Å²) in [6.45, 7) is 0. The first-order valence-electron chi connectivity index (χ1n) is 6.65. The molecule has 5 nitrogen and oxygen atoms in total. The van der Waals surface area contributed by atoms with Crippen molar-refractivity contribution in [3.05, 3.63) is 37.8 Å². The summed E-state index contributed by atoms with van der Waals surface area (Å²) in [6.07, 6.45) is 2.21. The first-order valence-corrected chi connectivity index (χ1v) is 7.73. The Bertz CT molecular complexity index is 716. The van der Waals surface area contributed by atoms with E-state index in [0.717, 1.165) is 24.1 Å². The normalized spacial score (nSPS) is 14.0. The van der Waals surface area contributed by atoms with E-state index >= 15 is 0 Å². The van der Waals surface area contributed by atoms with Crippen LogP contribution in [0.2, 0.25) is 0 Å². The maximum Gasteiger partial charge on any atom is 0.264 e. The first kappa shape index (κ1) is 14.4. The number of rotatable bonds is 4. The summed E-state index contributed by atoms with van der Waals surface area (Å²) in [5, 5.41) is 0. The largest absolute Gasteiger partial charge is 0.497 e. The number of H-pyrrole nitrogens is 1. The standard InChI is InChI=1S/C15H15IN2O3/c1-20-10-5-9(6-11(7-10)21-2)14-17-13(8-3-4-8)12(16)15(19)18-14/h5-8H,3-4H2,1-2H3,(H,17,18,19). The lowest BCUT2D eigenvalue weighted by atomic mass is 10.1. The minimum absolute atomic E-state index is 0.0933. The topological polar surface area (TPSA) is 64.2 Å².